The van der Waals surface area contributed by atoms with Gasteiger partial charge in [0.05, 0.1) is 20.6 Å². The highest BCUT2D eigenvalue weighted by atomic mass is 35.6. The Bertz CT molecular complexity index is 645. The van der Waals surface area contributed by atoms with E-state index in [1.807, 2.05) is 0 Å². The Morgan fingerprint density at radius 1 is 0.636 bits per heavy atom. The van der Waals surface area contributed by atoms with Crippen LogP contribution < -0.4 is 0 Å². The zero-order valence-corrected chi connectivity index (χ0v) is 16.1. The van der Waals surface area contributed by atoms with Gasteiger partial charge in [0.2, 0.25) is 7.59 Å². The van der Waals surface area contributed by atoms with E-state index >= 15 is 0 Å². The highest BCUT2D eigenvalue weighted by Gasteiger charge is 2.32. The summed E-state index contributed by atoms with van der Waals surface area (Å²) >= 11 is 35.7. The summed E-state index contributed by atoms with van der Waals surface area (Å²) in [6, 6.07) is 13.2. The van der Waals surface area contributed by atoms with Crippen LogP contribution in [0.25, 0.3) is 0 Å². The minimum absolute atomic E-state index is 0.317. The zero-order chi connectivity index (χ0) is 16.5. The van der Waals surface area contributed by atoms with Gasteiger partial charge in [-0.15, -0.1) is 0 Å². The van der Waals surface area contributed by atoms with Gasteiger partial charge < -0.3 is 0 Å². The second-order valence-electron chi connectivity index (χ2n) is 4.26. The first-order chi connectivity index (χ1) is 10.1. The van der Waals surface area contributed by atoms with Crippen molar-refractivity contribution in [2.45, 2.75) is 17.4 Å². The minimum atomic E-state index is -1.71. The van der Waals surface area contributed by atoms with Gasteiger partial charge in [0, 0.05) is 11.1 Å². The third kappa shape index (κ3) is 4.24. The van der Waals surface area contributed by atoms with Crippen molar-refractivity contribution < 1.29 is 4.21 Å². The molecule has 0 aliphatic carbocycles. The van der Waals surface area contributed by atoms with Crippen LogP contribution in [0.4, 0.5) is 0 Å². The molecule has 0 fully saturated rings. The molecule has 0 aromatic heterocycles. The fourth-order valence-electron chi connectivity index (χ4n) is 1.84. The Morgan fingerprint density at radius 2 is 0.955 bits per heavy atom. The quantitative estimate of drug-likeness (QED) is 0.490. The maximum Gasteiger partial charge on any atom is 0.217 e. The molecule has 0 aliphatic rings. The summed E-state index contributed by atoms with van der Waals surface area (Å²) in [7, 11) is -1.67. The largest absolute Gasteiger partial charge is 0.249 e. The monoisotopic (exact) mass is 434 g/mol. The van der Waals surface area contributed by atoms with Gasteiger partial charge in [0.15, 0.2) is 0 Å². The van der Waals surface area contributed by atoms with Crippen LogP contribution in [0.2, 0.25) is 0 Å². The number of hydrogen-bond donors (Lipinski definition) is 0. The number of hydrogen-bond acceptors (Lipinski definition) is 1. The molecule has 0 saturated carbocycles. The molecule has 0 aliphatic heterocycles. The Kier molecular flexibility index (Phi) is 5.99. The Hall–Kier alpha value is 0.330. The molecule has 2 rings (SSSR count). The Labute approximate surface area is 160 Å². The highest BCUT2D eigenvalue weighted by Crippen LogP contribution is 2.44. The number of halogens is 6. The van der Waals surface area contributed by atoms with Crippen molar-refractivity contribution in [2.24, 2.45) is 0 Å². The van der Waals surface area contributed by atoms with Gasteiger partial charge in [-0.05, 0) is 12.1 Å². The second-order valence-corrected chi connectivity index (χ2v) is 10.2. The van der Waals surface area contributed by atoms with Gasteiger partial charge in [0.25, 0.3) is 0 Å². The van der Waals surface area contributed by atoms with Gasteiger partial charge in [-0.3, -0.25) is 0 Å². The maximum absolute atomic E-state index is 12.9. The maximum atomic E-state index is 12.9. The summed E-state index contributed by atoms with van der Waals surface area (Å²) in [5.74, 6) is 0. The minimum Gasteiger partial charge on any atom is -0.249 e. The topological polar surface area (TPSA) is 17.1 Å². The lowest BCUT2D eigenvalue weighted by Gasteiger charge is -2.19. The molecule has 0 heterocycles. The molecular formula is C14H8Cl6OS. The molecule has 0 bridgehead atoms. The van der Waals surface area contributed by atoms with Crippen molar-refractivity contribution in [3.63, 3.8) is 0 Å². The lowest BCUT2D eigenvalue weighted by Crippen LogP contribution is -2.10. The van der Waals surface area contributed by atoms with Gasteiger partial charge in [-0.25, -0.2) is 4.21 Å². The number of alkyl halides is 6. The molecule has 0 saturated heterocycles. The van der Waals surface area contributed by atoms with Crippen LogP contribution >= 0.6 is 69.6 Å². The molecular weight excluding hydrogens is 429 g/mol. The molecule has 0 amide bonds. The summed E-state index contributed by atoms with van der Waals surface area (Å²) in [4.78, 5) is 0.702. The molecule has 22 heavy (non-hydrogen) atoms. The van der Waals surface area contributed by atoms with E-state index in [1.165, 1.54) is 0 Å². The lowest BCUT2D eigenvalue weighted by molar-refractivity contribution is 0.681. The summed E-state index contributed by atoms with van der Waals surface area (Å²) in [6.07, 6.45) is 0. The van der Waals surface area contributed by atoms with Crippen LogP contribution in [0.3, 0.4) is 0 Å². The van der Waals surface area contributed by atoms with Gasteiger partial charge in [-0.1, -0.05) is 106 Å². The number of benzene rings is 2. The molecule has 0 atom stereocenters. The second kappa shape index (κ2) is 7.06. The van der Waals surface area contributed by atoms with E-state index in [-0.39, 0.29) is 0 Å². The molecule has 1 nitrogen and oxygen atoms in total. The van der Waals surface area contributed by atoms with Crippen molar-refractivity contribution in [2.75, 3.05) is 0 Å². The first-order valence-corrected chi connectivity index (χ1v) is 9.28. The standard InChI is InChI=1S/C14H8Cl6OS/c15-13(16,17)9-5-1-3-7-11(9)22(21)12-8-4-2-6-10(12)14(18,19)20/h1-8H. The normalized spacial score (nSPS) is 12.7. The predicted molar refractivity (Wildman–Crippen MR) is 96.0 cm³/mol. The summed E-state index contributed by atoms with van der Waals surface area (Å²) < 4.78 is 9.53. The van der Waals surface area contributed by atoms with Crippen molar-refractivity contribution in [3.05, 3.63) is 59.7 Å². The van der Waals surface area contributed by atoms with E-state index in [2.05, 4.69) is 0 Å². The fourth-order valence-corrected chi connectivity index (χ4v) is 4.65. The van der Waals surface area contributed by atoms with E-state index < -0.39 is 18.4 Å². The summed E-state index contributed by atoms with van der Waals surface area (Å²) in [5, 5.41) is 0. The third-order valence-corrected chi connectivity index (χ3v) is 5.52. The van der Waals surface area contributed by atoms with Crippen molar-refractivity contribution >= 4 is 80.4 Å². The van der Waals surface area contributed by atoms with Crippen LogP contribution in [0, 0.1) is 0 Å². The van der Waals surface area contributed by atoms with E-state index in [1.54, 1.807) is 48.5 Å². The molecule has 118 valence electrons. The molecule has 8 heteroatoms. The first-order valence-electron chi connectivity index (χ1n) is 5.86. The molecule has 0 unspecified atom stereocenters. The third-order valence-electron chi connectivity index (χ3n) is 2.78. The van der Waals surface area contributed by atoms with Crippen LogP contribution in [-0.4, -0.2) is 4.21 Å². The molecule has 0 spiro atoms. The van der Waals surface area contributed by atoms with Gasteiger partial charge in [0.1, 0.15) is 0 Å². The molecule has 2 aromatic rings. The van der Waals surface area contributed by atoms with Crippen molar-refractivity contribution in [1.82, 2.24) is 0 Å². The Balaban J connectivity index is 2.61. The average molecular weight is 437 g/mol. The van der Waals surface area contributed by atoms with E-state index in [9.17, 15) is 4.21 Å². The van der Waals surface area contributed by atoms with Crippen LogP contribution in [-0.2, 0) is 18.4 Å². The van der Waals surface area contributed by atoms with Crippen molar-refractivity contribution in [3.8, 4) is 0 Å². The van der Waals surface area contributed by atoms with E-state index in [4.69, 9.17) is 69.6 Å². The average Bonchev–Trinajstić information content (AvgIpc) is 2.45. The van der Waals surface area contributed by atoms with Crippen molar-refractivity contribution in [1.29, 1.82) is 0 Å². The fraction of sp³-hybridized carbons (Fsp3) is 0.143. The van der Waals surface area contributed by atoms with Gasteiger partial charge >= 0.3 is 0 Å². The molecule has 0 radical (unpaired) electrons. The predicted octanol–water partition coefficient (Wildman–Crippen LogP) is 6.51. The zero-order valence-electron chi connectivity index (χ0n) is 10.7. The summed E-state index contributed by atoms with van der Waals surface area (Å²) in [6.45, 7) is 0. The molecule has 2 aromatic carbocycles. The van der Waals surface area contributed by atoms with E-state index in [0.29, 0.717) is 20.9 Å². The van der Waals surface area contributed by atoms with Crippen LogP contribution in [0.1, 0.15) is 11.1 Å². The number of rotatable bonds is 2. The molecule has 0 N–H and O–H groups in total. The van der Waals surface area contributed by atoms with E-state index in [0.717, 1.165) is 0 Å². The lowest BCUT2D eigenvalue weighted by atomic mass is 10.2. The highest BCUT2D eigenvalue weighted by molar-refractivity contribution is 7.85. The smallest absolute Gasteiger partial charge is 0.217 e. The Morgan fingerprint density at radius 3 is 1.27 bits per heavy atom. The van der Waals surface area contributed by atoms with Gasteiger partial charge in [-0.2, -0.15) is 0 Å². The van der Waals surface area contributed by atoms with Crippen LogP contribution in [0.5, 0.6) is 0 Å². The van der Waals surface area contributed by atoms with Crippen LogP contribution in [0.15, 0.2) is 58.3 Å². The first kappa shape index (κ1) is 18.7. The summed E-state index contributed by atoms with van der Waals surface area (Å²) in [5.41, 5.74) is 0.634. The SMILES string of the molecule is O=S(c1ccccc1C(Cl)(Cl)Cl)c1ccccc1C(Cl)(Cl)Cl.